The van der Waals surface area contributed by atoms with E-state index in [1.807, 2.05) is 0 Å². The summed E-state index contributed by atoms with van der Waals surface area (Å²) in [5, 5.41) is 6.94. The summed E-state index contributed by atoms with van der Waals surface area (Å²) < 4.78 is 5.16. The summed E-state index contributed by atoms with van der Waals surface area (Å²) in [4.78, 5) is 24.5. The van der Waals surface area contributed by atoms with Gasteiger partial charge in [-0.3, -0.25) is 4.79 Å². The van der Waals surface area contributed by atoms with Gasteiger partial charge in [-0.05, 0) is 31.4 Å². The Hall–Kier alpha value is -2.35. The highest BCUT2D eigenvalue weighted by atomic mass is 16.5. The Labute approximate surface area is 140 Å². The van der Waals surface area contributed by atoms with E-state index >= 15 is 0 Å². The first kappa shape index (κ1) is 16.5. The number of hydrogen-bond donors (Lipinski definition) is 2. The number of hydrogen-bond acceptors (Lipinski definition) is 7. The minimum atomic E-state index is -0.00365. The molecule has 8 heteroatoms. The third kappa shape index (κ3) is 4.14. The first-order valence-electron chi connectivity index (χ1n) is 8.35. The van der Waals surface area contributed by atoms with E-state index < -0.39 is 0 Å². The monoisotopic (exact) mass is 330 g/mol. The van der Waals surface area contributed by atoms with Gasteiger partial charge in [0.2, 0.25) is 23.4 Å². The number of carbonyl (C=O) groups is 1. The summed E-state index contributed by atoms with van der Waals surface area (Å²) in [6, 6.07) is 1.90. The highest BCUT2D eigenvalue weighted by molar-refractivity contribution is 5.76. The molecule has 2 heterocycles. The molecule has 3 N–H and O–H groups in total. The zero-order valence-corrected chi connectivity index (χ0v) is 13.5. The first-order valence-corrected chi connectivity index (χ1v) is 8.35. The third-order valence-electron chi connectivity index (χ3n) is 4.36. The molecule has 0 radical (unpaired) electrons. The van der Waals surface area contributed by atoms with Gasteiger partial charge in [0.1, 0.15) is 0 Å². The molecule has 2 atom stereocenters. The lowest BCUT2D eigenvalue weighted by molar-refractivity contribution is -0.122. The van der Waals surface area contributed by atoms with Gasteiger partial charge in [-0.15, -0.1) is 0 Å². The van der Waals surface area contributed by atoms with Crippen LogP contribution in [0.4, 0.5) is 0 Å². The summed E-state index contributed by atoms with van der Waals surface area (Å²) >= 11 is 0. The van der Waals surface area contributed by atoms with Crippen molar-refractivity contribution in [1.82, 2.24) is 25.4 Å². The van der Waals surface area contributed by atoms with E-state index in [9.17, 15) is 4.79 Å². The molecule has 0 aromatic carbocycles. The van der Waals surface area contributed by atoms with E-state index in [1.165, 1.54) is 6.42 Å². The Balaban J connectivity index is 1.50. The number of amides is 1. The molecule has 2 aromatic heterocycles. The summed E-state index contributed by atoms with van der Waals surface area (Å²) in [5.74, 6) is 1.53. The lowest BCUT2D eigenvalue weighted by atomic mass is 9.84. The summed E-state index contributed by atoms with van der Waals surface area (Å²) in [6.07, 6.45) is 8.37. The average molecular weight is 330 g/mol. The summed E-state index contributed by atoms with van der Waals surface area (Å²) in [5.41, 5.74) is 5.80. The average Bonchev–Trinajstić information content (AvgIpc) is 3.10. The van der Waals surface area contributed by atoms with Gasteiger partial charge in [0, 0.05) is 31.3 Å². The smallest absolute Gasteiger partial charge is 0.240 e. The van der Waals surface area contributed by atoms with E-state index in [0.717, 1.165) is 19.3 Å². The SMILES string of the molecule is NCC1CCCCC1NC(=O)CCc1nc(-c2ncccn2)no1. The number of rotatable bonds is 6. The first-order chi connectivity index (χ1) is 11.8. The number of carbonyl (C=O) groups excluding carboxylic acids is 1. The normalized spacial score (nSPS) is 20.7. The fraction of sp³-hybridized carbons (Fsp3) is 0.562. The molecule has 1 aliphatic carbocycles. The molecule has 0 saturated heterocycles. The van der Waals surface area contributed by atoms with Crippen molar-refractivity contribution < 1.29 is 9.32 Å². The number of aromatic nitrogens is 4. The van der Waals surface area contributed by atoms with Crippen molar-refractivity contribution in [3.63, 3.8) is 0 Å². The van der Waals surface area contributed by atoms with Crippen molar-refractivity contribution in [2.75, 3.05) is 6.54 Å². The molecular weight excluding hydrogens is 308 g/mol. The van der Waals surface area contributed by atoms with E-state index in [2.05, 4.69) is 25.4 Å². The maximum atomic E-state index is 12.2. The molecule has 1 saturated carbocycles. The molecule has 24 heavy (non-hydrogen) atoms. The van der Waals surface area contributed by atoms with E-state index in [1.54, 1.807) is 18.5 Å². The van der Waals surface area contributed by atoms with Gasteiger partial charge >= 0.3 is 0 Å². The maximum Gasteiger partial charge on any atom is 0.240 e. The molecule has 128 valence electrons. The lowest BCUT2D eigenvalue weighted by Gasteiger charge is -2.31. The van der Waals surface area contributed by atoms with Crippen molar-refractivity contribution in [2.45, 2.75) is 44.6 Å². The molecule has 1 amide bonds. The Kier molecular flexibility index (Phi) is 5.47. The van der Waals surface area contributed by atoms with Crippen molar-refractivity contribution in [3.05, 3.63) is 24.4 Å². The molecule has 2 aromatic rings. The lowest BCUT2D eigenvalue weighted by Crippen LogP contribution is -2.44. The van der Waals surface area contributed by atoms with Gasteiger partial charge in [0.05, 0.1) is 0 Å². The molecule has 0 aliphatic heterocycles. The molecular formula is C16H22N6O2. The minimum absolute atomic E-state index is 0.00365. The van der Waals surface area contributed by atoms with E-state index in [4.69, 9.17) is 10.3 Å². The molecule has 2 unspecified atom stereocenters. The Morgan fingerprint density at radius 3 is 2.83 bits per heavy atom. The van der Waals surface area contributed by atoms with Gasteiger partial charge in [0.15, 0.2) is 0 Å². The predicted octanol–water partition coefficient (Wildman–Crippen LogP) is 1.09. The second kappa shape index (κ2) is 7.96. The number of aryl methyl sites for hydroxylation is 1. The zero-order chi connectivity index (χ0) is 16.8. The highest BCUT2D eigenvalue weighted by Gasteiger charge is 2.25. The van der Waals surface area contributed by atoms with Crippen LogP contribution in [-0.4, -0.2) is 38.6 Å². The largest absolute Gasteiger partial charge is 0.353 e. The summed E-state index contributed by atoms with van der Waals surface area (Å²) in [6.45, 7) is 0.620. The Bertz CT molecular complexity index is 660. The molecule has 1 aliphatic rings. The minimum Gasteiger partial charge on any atom is -0.353 e. The summed E-state index contributed by atoms with van der Waals surface area (Å²) in [7, 11) is 0. The van der Waals surface area contributed by atoms with Gasteiger partial charge in [0.25, 0.3) is 0 Å². The quantitative estimate of drug-likeness (QED) is 0.813. The van der Waals surface area contributed by atoms with Crippen LogP contribution in [0.25, 0.3) is 11.6 Å². The van der Waals surface area contributed by atoms with E-state index in [0.29, 0.717) is 42.8 Å². The fourth-order valence-corrected chi connectivity index (χ4v) is 3.04. The fourth-order valence-electron chi connectivity index (χ4n) is 3.04. The van der Waals surface area contributed by atoms with Crippen LogP contribution in [-0.2, 0) is 11.2 Å². The molecule has 8 nitrogen and oxygen atoms in total. The Morgan fingerprint density at radius 1 is 1.25 bits per heavy atom. The maximum absolute atomic E-state index is 12.2. The number of nitrogens with zero attached hydrogens (tertiary/aromatic N) is 4. The van der Waals surface area contributed by atoms with Crippen LogP contribution in [0.15, 0.2) is 23.0 Å². The number of nitrogens with two attached hydrogens (primary N) is 1. The van der Waals surface area contributed by atoms with E-state index in [-0.39, 0.29) is 11.9 Å². The van der Waals surface area contributed by atoms with Crippen molar-refractivity contribution >= 4 is 5.91 Å². The van der Waals surface area contributed by atoms with Crippen LogP contribution in [0, 0.1) is 5.92 Å². The van der Waals surface area contributed by atoms with Crippen molar-refractivity contribution in [2.24, 2.45) is 11.7 Å². The topological polar surface area (TPSA) is 120 Å². The second-order valence-electron chi connectivity index (χ2n) is 6.04. The van der Waals surface area contributed by atoms with Crippen molar-refractivity contribution in [1.29, 1.82) is 0 Å². The van der Waals surface area contributed by atoms with Crippen molar-refractivity contribution in [3.8, 4) is 11.6 Å². The highest BCUT2D eigenvalue weighted by Crippen LogP contribution is 2.23. The zero-order valence-electron chi connectivity index (χ0n) is 13.5. The van der Waals surface area contributed by atoms with Gasteiger partial charge in [-0.1, -0.05) is 18.0 Å². The molecule has 0 spiro atoms. The molecule has 3 rings (SSSR count). The van der Waals surface area contributed by atoms with Crippen LogP contribution >= 0.6 is 0 Å². The molecule has 0 bridgehead atoms. The standard InChI is InChI=1S/C16H22N6O2/c17-10-11-4-1-2-5-12(11)20-13(23)6-7-14-21-16(22-24-14)15-18-8-3-9-19-15/h3,8-9,11-12H,1-2,4-7,10,17H2,(H,20,23). The van der Waals surface area contributed by atoms with Crippen LogP contribution in [0.1, 0.15) is 38.0 Å². The van der Waals surface area contributed by atoms with Crippen LogP contribution in [0.2, 0.25) is 0 Å². The second-order valence-corrected chi connectivity index (χ2v) is 6.04. The Morgan fingerprint density at radius 2 is 2.04 bits per heavy atom. The van der Waals surface area contributed by atoms with Crippen LogP contribution < -0.4 is 11.1 Å². The predicted molar refractivity (Wildman–Crippen MR) is 86.6 cm³/mol. The van der Waals surface area contributed by atoms with Gasteiger partial charge in [-0.25, -0.2) is 9.97 Å². The third-order valence-corrected chi connectivity index (χ3v) is 4.36. The number of nitrogens with one attached hydrogen (secondary N) is 1. The molecule has 1 fully saturated rings. The van der Waals surface area contributed by atoms with Gasteiger partial charge < -0.3 is 15.6 Å². The van der Waals surface area contributed by atoms with Gasteiger partial charge in [-0.2, -0.15) is 4.98 Å². The van der Waals surface area contributed by atoms with Crippen LogP contribution in [0.5, 0.6) is 0 Å². The van der Waals surface area contributed by atoms with Crippen LogP contribution in [0.3, 0.4) is 0 Å².